The molecule has 688 valence electrons. The minimum absolute atomic E-state index is 0.360. The summed E-state index contributed by atoms with van der Waals surface area (Å²) in [5, 5.41) is 13.0. The molecule has 3 saturated heterocycles. The van der Waals surface area contributed by atoms with Crippen molar-refractivity contribution < 1.29 is 27.9 Å². The van der Waals surface area contributed by atoms with Crippen molar-refractivity contribution in [2.45, 2.75) is 117 Å². The first-order chi connectivity index (χ1) is 68.6. The number of hydrogen-bond acceptors (Lipinski definition) is 18. The van der Waals surface area contributed by atoms with Gasteiger partial charge in [0, 0.05) is 124 Å². The fourth-order valence-electron chi connectivity index (χ4n) is 19.0. The summed E-state index contributed by atoms with van der Waals surface area (Å²) in [5.41, 5.74) is 26.9. The van der Waals surface area contributed by atoms with Crippen LogP contribution in [0.25, 0.3) is 221 Å². The van der Waals surface area contributed by atoms with Crippen LogP contribution in [0.4, 0.5) is 0 Å². The molecule has 0 bridgehead atoms. The molecule has 3 aliphatic rings. The number of rotatable bonds is 10. The Bertz CT molecular complexity index is 8890. The van der Waals surface area contributed by atoms with Gasteiger partial charge in [0.05, 0.1) is 128 Å². The van der Waals surface area contributed by atoms with E-state index in [9.17, 15) is 0 Å². The molecule has 0 saturated carbocycles. The lowest BCUT2D eigenvalue weighted by Crippen LogP contribution is -2.41. The highest BCUT2D eigenvalue weighted by Gasteiger charge is 2.64. The molecule has 18 nitrogen and oxygen atoms in total. The molecule has 0 N–H and O–H groups in total. The maximum absolute atomic E-state index is 6.24. The highest BCUT2D eigenvalue weighted by atomic mass is 79.9. The van der Waals surface area contributed by atoms with Gasteiger partial charge in [-0.2, -0.15) is 0 Å². The Morgan fingerprint density at radius 1 is 0.204 bits per heavy atom. The van der Waals surface area contributed by atoms with Gasteiger partial charge >= 0.3 is 21.1 Å². The van der Waals surface area contributed by atoms with Crippen molar-refractivity contribution in [3.8, 4) is 89.7 Å². The summed E-state index contributed by atoms with van der Waals surface area (Å²) in [5.74, 6) is 0. The topological polar surface area (TPSA) is 210 Å². The lowest BCUT2D eigenvalue weighted by Gasteiger charge is -2.32. The standard InChI is InChI=1S/C48H28N6.C33H28BN3O2.C27H16BrN3.C12H24B2O4/c1-4-31-11-12-32-13-21-44(54-47(32)45(31)49-23-1)43-22-17-36-27-34(15-19-42(36)53-43)33-14-18-41-35(26-33)16-20-40(52-41)30-9-7-29(8-10-30)39-28-37-5-2-24-50-46(37)48-38(39)6-3-25-51-48;1-32(2)33(3,4)39-34(38-32)25-14-16-29-23(19-25)13-15-28(37-29)22-11-9-21(10-12-22)27-20-24-7-5-17-35-30(24)31-26(27)8-6-18-36-31;28-21-10-12-25-19(15-21)9-11-24(31-25)18-7-5-17(6-8-18)23-16-20-3-1-13-29-26(20)27-22(23)4-2-14-30-27;1-9(2)10(3,4)16-13(15-9)14-17-11(5,6)12(7,8)18-14/h1-28H;5-20H,1-4H3;1-16H;1-8H3. The zero-order valence-electron chi connectivity index (χ0n) is 80.6. The molecular formula is C120H96B3BrN12O6. The van der Waals surface area contributed by atoms with Crippen LogP contribution >= 0.6 is 15.9 Å². The third kappa shape index (κ3) is 17.1. The molecule has 142 heavy (non-hydrogen) atoms. The number of halogens is 1. The second-order valence-electron chi connectivity index (χ2n) is 39.6. The highest BCUT2D eigenvalue weighted by Crippen LogP contribution is 2.46. The quantitative estimate of drug-likeness (QED) is 0.0920. The van der Waals surface area contributed by atoms with E-state index < -0.39 is 14.0 Å². The molecule has 23 aromatic rings. The first kappa shape index (κ1) is 90.6. The van der Waals surface area contributed by atoms with Crippen LogP contribution in [0.5, 0.6) is 0 Å². The summed E-state index contributed by atoms with van der Waals surface area (Å²) in [7, 11) is -1.34. The highest BCUT2D eigenvalue weighted by molar-refractivity contribution is 9.10. The molecule has 0 radical (unpaired) electrons. The first-order valence-electron chi connectivity index (χ1n) is 47.9. The SMILES string of the molecule is Brc1ccc2nc(-c3ccc(-c4cc5cccnc5c5ncccc45)cc3)ccc2c1.CC1(C)OB(B2OC(C)(C)C(C)(C)O2)OC1(C)C.CC1(C)OB(c2ccc3nc(-c4ccc(-c5cc6cccnc6c6ncccc56)cc4)ccc3c2)OC1(C)C.c1cnc2c(c1)ccc1ccc(-c3ccc4cc(-c5ccc6nc(-c7ccc(-c8cc9cccnc9c9ncccc89)cc7)ccc6c5)ccc4n3)nc12. The molecular weight excluding hydrogens is 1820 g/mol. The lowest BCUT2D eigenvalue weighted by atomic mass is 9.49. The average Bonchev–Trinajstić information content (AvgIpc) is 1.59. The lowest BCUT2D eigenvalue weighted by molar-refractivity contribution is 0.00578. The van der Waals surface area contributed by atoms with Crippen molar-refractivity contribution in [2.75, 3.05) is 0 Å². The van der Waals surface area contributed by atoms with E-state index in [2.05, 4.69) is 339 Å². The Kier molecular flexibility index (Phi) is 22.9. The summed E-state index contributed by atoms with van der Waals surface area (Å²) < 4.78 is 37.4. The van der Waals surface area contributed by atoms with E-state index in [0.29, 0.717) is 0 Å². The molecule has 26 rings (SSSR count). The van der Waals surface area contributed by atoms with Gasteiger partial charge in [-0.05, 0) is 278 Å². The Balaban J connectivity index is 0.000000112. The van der Waals surface area contributed by atoms with Crippen LogP contribution in [-0.4, -0.2) is 115 Å². The van der Waals surface area contributed by atoms with Crippen LogP contribution in [0, 0.1) is 0 Å². The summed E-state index contributed by atoms with van der Waals surface area (Å²) in [4.78, 5) is 57.2. The summed E-state index contributed by atoms with van der Waals surface area (Å²) >= 11 is 3.52. The number of benzene rings is 11. The van der Waals surface area contributed by atoms with Crippen LogP contribution in [0.2, 0.25) is 0 Å². The van der Waals surface area contributed by atoms with Crippen molar-refractivity contribution >= 4 is 173 Å². The van der Waals surface area contributed by atoms with E-state index in [-0.39, 0.29) is 40.7 Å². The fraction of sp³-hybridized carbons (Fsp3) is 0.150. The molecule has 3 fully saturated rings. The van der Waals surface area contributed by atoms with Crippen molar-refractivity contribution in [1.82, 2.24) is 59.8 Å². The maximum Gasteiger partial charge on any atom is 0.494 e. The minimum atomic E-state index is -0.476. The monoisotopic (exact) mass is 1910 g/mol. The Hall–Kier alpha value is -15.2. The average molecular weight is 1910 g/mol. The first-order valence-corrected chi connectivity index (χ1v) is 48.7. The number of hydrogen-bond donors (Lipinski definition) is 0. The molecule has 0 unspecified atom stereocenters. The molecule has 0 amide bonds. The van der Waals surface area contributed by atoms with Gasteiger partial charge in [0.1, 0.15) is 0 Å². The molecule has 0 spiro atoms. The predicted molar refractivity (Wildman–Crippen MR) is 582 cm³/mol. The Morgan fingerprint density at radius 2 is 0.472 bits per heavy atom. The van der Waals surface area contributed by atoms with Gasteiger partial charge in [0.25, 0.3) is 0 Å². The van der Waals surface area contributed by atoms with E-state index in [0.717, 1.165) is 230 Å². The zero-order valence-corrected chi connectivity index (χ0v) is 82.2. The molecule has 12 aromatic heterocycles. The van der Waals surface area contributed by atoms with Gasteiger partial charge in [0.2, 0.25) is 0 Å². The van der Waals surface area contributed by atoms with Crippen LogP contribution in [0.1, 0.15) is 83.1 Å². The van der Waals surface area contributed by atoms with E-state index in [1.54, 1.807) is 0 Å². The van der Waals surface area contributed by atoms with Gasteiger partial charge < -0.3 is 27.9 Å². The number of fused-ring (bicyclic) bond motifs is 16. The summed E-state index contributed by atoms with van der Waals surface area (Å²) in [6.45, 7) is 24.5. The van der Waals surface area contributed by atoms with Gasteiger partial charge in [-0.15, -0.1) is 0 Å². The van der Waals surface area contributed by atoms with Crippen molar-refractivity contribution in [1.29, 1.82) is 0 Å². The normalized spacial score (nSPS) is 15.5. The van der Waals surface area contributed by atoms with E-state index in [1.165, 1.54) is 0 Å². The molecule has 3 aliphatic heterocycles. The smallest absolute Gasteiger partial charge is 0.405 e. The van der Waals surface area contributed by atoms with Crippen molar-refractivity contribution in [3.63, 3.8) is 0 Å². The van der Waals surface area contributed by atoms with Crippen LogP contribution in [-0.2, 0) is 27.9 Å². The molecule has 11 aromatic carbocycles. The second-order valence-corrected chi connectivity index (χ2v) is 40.5. The summed E-state index contributed by atoms with van der Waals surface area (Å²) in [6.07, 6.45) is 12.8. The van der Waals surface area contributed by atoms with Gasteiger partial charge in [-0.25, -0.2) is 24.9 Å². The van der Waals surface area contributed by atoms with Gasteiger partial charge in [0.15, 0.2) is 0 Å². The van der Waals surface area contributed by atoms with Gasteiger partial charge in [-0.1, -0.05) is 198 Å². The predicted octanol–water partition coefficient (Wildman–Crippen LogP) is 28.3. The van der Waals surface area contributed by atoms with Crippen molar-refractivity contribution in [3.05, 3.63) is 369 Å². The van der Waals surface area contributed by atoms with Crippen LogP contribution < -0.4 is 5.46 Å². The number of pyridine rings is 12. The van der Waals surface area contributed by atoms with E-state index in [1.807, 2.05) is 159 Å². The summed E-state index contributed by atoms with van der Waals surface area (Å²) in [6, 6.07) is 111. The molecule has 22 heteroatoms. The second kappa shape index (κ2) is 35.8. The fourth-order valence-corrected chi connectivity index (χ4v) is 19.4. The molecule has 15 heterocycles. The van der Waals surface area contributed by atoms with Crippen molar-refractivity contribution in [2.24, 2.45) is 0 Å². The minimum Gasteiger partial charge on any atom is -0.405 e. The van der Waals surface area contributed by atoms with Crippen LogP contribution in [0.3, 0.4) is 0 Å². The Labute approximate surface area is 831 Å². The molecule has 0 atom stereocenters. The van der Waals surface area contributed by atoms with Crippen LogP contribution in [0.15, 0.2) is 369 Å². The van der Waals surface area contributed by atoms with E-state index in [4.69, 9.17) is 52.8 Å². The zero-order chi connectivity index (χ0) is 97.1. The number of aromatic nitrogens is 12. The van der Waals surface area contributed by atoms with Gasteiger partial charge in [-0.3, -0.25) is 34.9 Å². The third-order valence-corrected chi connectivity index (χ3v) is 29.4. The Morgan fingerprint density at radius 3 is 0.859 bits per heavy atom. The maximum atomic E-state index is 6.24. The largest absolute Gasteiger partial charge is 0.494 e. The number of nitrogens with zero attached hydrogens (tertiary/aromatic N) is 12. The van der Waals surface area contributed by atoms with E-state index >= 15 is 0 Å². The molecule has 0 aliphatic carbocycles. The third-order valence-electron chi connectivity index (χ3n) is 28.9.